The highest BCUT2D eigenvalue weighted by Gasteiger charge is 1.99. The van der Waals surface area contributed by atoms with E-state index in [-0.39, 0.29) is 0 Å². The maximum absolute atomic E-state index is 5.88. The molecule has 0 fully saturated rings. The van der Waals surface area contributed by atoms with Crippen molar-refractivity contribution < 1.29 is 0 Å². The van der Waals surface area contributed by atoms with E-state index in [0.29, 0.717) is 11.7 Å². The lowest BCUT2D eigenvalue weighted by Crippen LogP contribution is -2.16. The molecule has 96 valence electrons. The molecule has 0 aliphatic carbocycles. The fraction of sp³-hybridized carbons (Fsp3) is 0.0667. The Morgan fingerprint density at radius 2 is 1.37 bits per heavy atom. The number of benzene rings is 2. The topological polar surface area (TPSA) is 76.8 Å². The molecule has 0 amide bonds. The lowest BCUT2D eigenvalue weighted by atomic mass is 10.1. The number of rotatable bonds is 3. The first-order chi connectivity index (χ1) is 9.16. The molecule has 0 unspecified atom stereocenters. The van der Waals surface area contributed by atoms with E-state index < -0.39 is 0 Å². The molecule has 0 atom stereocenters. The molecule has 0 radical (unpaired) electrons. The van der Waals surface area contributed by atoms with E-state index in [1.807, 2.05) is 61.5 Å². The van der Waals surface area contributed by atoms with Crippen molar-refractivity contribution in [3.63, 3.8) is 0 Å². The summed E-state index contributed by atoms with van der Waals surface area (Å²) in [6, 6.07) is 17.2. The second-order valence-corrected chi connectivity index (χ2v) is 4.21. The molecule has 2 aromatic carbocycles. The van der Waals surface area contributed by atoms with E-state index in [0.717, 1.165) is 16.7 Å². The molecular formula is C15H16N4. The Labute approximate surface area is 112 Å². The minimum Gasteiger partial charge on any atom is -0.382 e. The lowest BCUT2D eigenvalue weighted by molar-refractivity contribution is 1.20. The smallest absolute Gasteiger partial charge is 0.153 e. The molecule has 0 spiro atoms. The summed E-state index contributed by atoms with van der Waals surface area (Å²) in [5, 5.41) is 7.93. The third-order valence-corrected chi connectivity index (χ3v) is 2.65. The average molecular weight is 252 g/mol. The van der Waals surface area contributed by atoms with Gasteiger partial charge in [-0.3, -0.25) is 0 Å². The Hall–Kier alpha value is -2.62. The molecule has 0 aliphatic rings. The summed E-state index contributed by atoms with van der Waals surface area (Å²) in [6.07, 6.45) is 0. The number of nitrogens with two attached hydrogens (primary N) is 2. The molecule has 0 heterocycles. The van der Waals surface area contributed by atoms with Crippen molar-refractivity contribution in [2.24, 2.45) is 21.7 Å². The fourth-order valence-corrected chi connectivity index (χ4v) is 1.64. The van der Waals surface area contributed by atoms with Gasteiger partial charge in [0.15, 0.2) is 11.7 Å². The molecule has 4 N–H and O–H groups in total. The summed E-state index contributed by atoms with van der Waals surface area (Å²) in [6.45, 7) is 2.00. The number of amidine groups is 2. The lowest BCUT2D eigenvalue weighted by Gasteiger charge is -2.01. The molecule has 2 aromatic rings. The zero-order valence-corrected chi connectivity index (χ0v) is 10.7. The standard InChI is InChI=1S/C15H16N4/c1-11-6-5-9-13(10-11)15(17)19-18-14(16)12-7-3-2-4-8-12/h2-10H,1H3,(H2,16,18)(H2,17,19). The normalized spacial score (nSPS) is 12.5. The van der Waals surface area contributed by atoms with Crippen LogP contribution in [0.4, 0.5) is 0 Å². The number of hydrogen-bond donors (Lipinski definition) is 2. The number of nitrogens with zero attached hydrogens (tertiary/aromatic N) is 2. The molecule has 2 rings (SSSR count). The minimum absolute atomic E-state index is 0.344. The van der Waals surface area contributed by atoms with Crippen LogP contribution in [-0.2, 0) is 0 Å². The van der Waals surface area contributed by atoms with Crippen molar-refractivity contribution in [1.29, 1.82) is 0 Å². The highest BCUT2D eigenvalue weighted by Crippen LogP contribution is 2.04. The van der Waals surface area contributed by atoms with Gasteiger partial charge in [-0.2, -0.15) is 0 Å². The van der Waals surface area contributed by atoms with Crippen molar-refractivity contribution in [3.8, 4) is 0 Å². The summed E-state index contributed by atoms with van der Waals surface area (Å²) in [5.74, 6) is 0.693. The van der Waals surface area contributed by atoms with Gasteiger partial charge in [0, 0.05) is 11.1 Å². The zero-order chi connectivity index (χ0) is 13.7. The van der Waals surface area contributed by atoms with Gasteiger partial charge in [-0.25, -0.2) is 0 Å². The molecule has 0 saturated carbocycles. The number of aryl methyl sites for hydroxylation is 1. The van der Waals surface area contributed by atoms with Crippen LogP contribution in [0.5, 0.6) is 0 Å². The van der Waals surface area contributed by atoms with Gasteiger partial charge in [-0.1, -0.05) is 54.1 Å². The summed E-state index contributed by atoms with van der Waals surface area (Å²) >= 11 is 0. The summed E-state index contributed by atoms with van der Waals surface area (Å²) in [7, 11) is 0. The maximum Gasteiger partial charge on any atom is 0.153 e. The van der Waals surface area contributed by atoms with Crippen LogP contribution in [0, 0.1) is 6.92 Å². The number of hydrogen-bond acceptors (Lipinski definition) is 2. The van der Waals surface area contributed by atoms with Crippen LogP contribution in [0.15, 0.2) is 64.8 Å². The largest absolute Gasteiger partial charge is 0.382 e. The molecule has 19 heavy (non-hydrogen) atoms. The zero-order valence-electron chi connectivity index (χ0n) is 10.7. The Kier molecular flexibility index (Phi) is 3.93. The van der Waals surface area contributed by atoms with Crippen LogP contribution in [0.25, 0.3) is 0 Å². The first kappa shape index (κ1) is 12.8. The second kappa shape index (κ2) is 5.82. The van der Waals surface area contributed by atoms with Crippen molar-refractivity contribution >= 4 is 11.7 Å². The predicted molar refractivity (Wildman–Crippen MR) is 79.1 cm³/mol. The van der Waals surface area contributed by atoms with E-state index in [9.17, 15) is 0 Å². The van der Waals surface area contributed by atoms with E-state index in [1.54, 1.807) is 0 Å². The van der Waals surface area contributed by atoms with Gasteiger partial charge in [-0.15, -0.1) is 10.2 Å². The van der Waals surface area contributed by atoms with Crippen molar-refractivity contribution in [1.82, 2.24) is 0 Å². The summed E-state index contributed by atoms with van der Waals surface area (Å²) in [4.78, 5) is 0. The predicted octanol–water partition coefficient (Wildman–Crippen LogP) is 2.02. The summed E-state index contributed by atoms with van der Waals surface area (Å²) < 4.78 is 0. The molecular weight excluding hydrogens is 236 g/mol. The summed E-state index contributed by atoms with van der Waals surface area (Å²) in [5.41, 5.74) is 14.5. The van der Waals surface area contributed by atoms with Gasteiger partial charge in [0.25, 0.3) is 0 Å². The van der Waals surface area contributed by atoms with Crippen LogP contribution in [-0.4, -0.2) is 11.7 Å². The van der Waals surface area contributed by atoms with Crippen LogP contribution in [0.1, 0.15) is 16.7 Å². The van der Waals surface area contributed by atoms with Crippen LogP contribution in [0.2, 0.25) is 0 Å². The highest BCUT2D eigenvalue weighted by molar-refractivity contribution is 6.00. The van der Waals surface area contributed by atoms with Gasteiger partial charge in [0.05, 0.1) is 0 Å². The Morgan fingerprint density at radius 1 is 0.789 bits per heavy atom. The molecule has 4 heteroatoms. The third-order valence-electron chi connectivity index (χ3n) is 2.65. The highest BCUT2D eigenvalue weighted by atomic mass is 15.3. The monoisotopic (exact) mass is 252 g/mol. The van der Waals surface area contributed by atoms with Gasteiger partial charge in [-0.05, 0) is 13.0 Å². The van der Waals surface area contributed by atoms with Crippen LogP contribution in [0.3, 0.4) is 0 Å². The van der Waals surface area contributed by atoms with Crippen molar-refractivity contribution in [3.05, 3.63) is 71.3 Å². The van der Waals surface area contributed by atoms with Gasteiger partial charge in [0.1, 0.15) is 0 Å². The first-order valence-corrected chi connectivity index (χ1v) is 5.96. The van der Waals surface area contributed by atoms with Crippen molar-refractivity contribution in [2.45, 2.75) is 6.92 Å². The van der Waals surface area contributed by atoms with Crippen LogP contribution >= 0.6 is 0 Å². The van der Waals surface area contributed by atoms with E-state index in [2.05, 4.69) is 10.2 Å². The van der Waals surface area contributed by atoms with E-state index >= 15 is 0 Å². The molecule has 0 aromatic heterocycles. The second-order valence-electron chi connectivity index (χ2n) is 4.21. The third kappa shape index (κ3) is 3.42. The fourth-order valence-electron chi connectivity index (χ4n) is 1.64. The SMILES string of the molecule is Cc1cccc(/C(N)=N/N=C(\N)c2ccccc2)c1. The van der Waals surface area contributed by atoms with Crippen molar-refractivity contribution in [2.75, 3.05) is 0 Å². The Morgan fingerprint density at radius 3 is 2.00 bits per heavy atom. The molecule has 0 bridgehead atoms. The maximum atomic E-state index is 5.88. The minimum atomic E-state index is 0.344. The molecule has 0 saturated heterocycles. The van der Waals surface area contributed by atoms with Gasteiger partial charge < -0.3 is 11.5 Å². The Balaban J connectivity index is 2.22. The van der Waals surface area contributed by atoms with Crippen LogP contribution < -0.4 is 11.5 Å². The Bertz CT molecular complexity index is 615. The van der Waals surface area contributed by atoms with E-state index in [1.165, 1.54) is 0 Å². The average Bonchev–Trinajstić information content (AvgIpc) is 2.45. The first-order valence-electron chi connectivity index (χ1n) is 5.96. The molecule has 0 aliphatic heterocycles. The van der Waals surface area contributed by atoms with Gasteiger partial charge in [0.2, 0.25) is 0 Å². The van der Waals surface area contributed by atoms with Gasteiger partial charge >= 0.3 is 0 Å². The quantitative estimate of drug-likeness (QED) is 0.498. The molecule has 4 nitrogen and oxygen atoms in total. The van der Waals surface area contributed by atoms with E-state index in [4.69, 9.17) is 11.5 Å².